The van der Waals surface area contributed by atoms with E-state index in [1.54, 1.807) is 0 Å². The smallest absolute Gasteiger partial charge is 0.267 e. The van der Waals surface area contributed by atoms with E-state index in [1.807, 2.05) is 13.8 Å². The van der Waals surface area contributed by atoms with E-state index in [0.29, 0.717) is 0 Å². The monoisotopic (exact) mass is 200 g/mol. The van der Waals surface area contributed by atoms with Crippen molar-refractivity contribution in [3.63, 3.8) is 0 Å². The van der Waals surface area contributed by atoms with Crippen molar-refractivity contribution in [2.75, 3.05) is 25.6 Å². The van der Waals surface area contributed by atoms with Gasteiger partial charge in [0.1, 0.15) is 0 Å². The molecular weight excluding hydrogens is 184 g/mol. The Kier molecular flexibility index (Phi) is 10.7. The zero-order chi connectivity index (χ0) is 10.0. The predicted molar refractivity (Wildman–Crippen MR) is 45.7 cm³/mol. The maximum absolute atomic E-state index is 9.63. The number of aliphatic hydroxyl groups excluding tert-OH is 1. The van der Waals surface area contributed by atoms with Gasteiger partial charge in [0.2, 0.25) is 0 Å². The first-order valence-corrected chi connectivity index (χ1v) is 5.22. The molecule has 0 aromatic carbocycles. The van der Waals surface area contributed by atoms with Crippen LogP contribution < -0.4 is 0 Å². The molecule has 0 amide bonds. The number of aliphatic hydroxyl groups is 1. The summed E-state index contributed by atoms with van der Waals surface area (Å²) in [7, 11) is -3.92. The third-order valence-corrected chi connectivity index (χ3v) is 1.46. The molecule has 0 rings (SSSR count). The van der Waals surface area contributed by atoms with E-state index in [-0.39, 0.29) is 0 Å². The summed E-state index contributed by atoms with van der Waals surface area (Å²) in [6, 6.07) is 0. The average molecular weight is 200 g/mol. The van der Waals surface area contributed by atoms with Crippen molar-refractivity contribution in [2.45, 2.75) is 13.8 Å². The molecule has 0 spiro atoms. The second-order valence-corrected chi connectivity index (χ2v) is 3.36. The topological polar surface area (TPSA) is 83.8 Å². The molecule has 0 saturated carbocycles. The molecule has 0 bridgehead atoms. The van der Waals surface area contributed by atoms with E-state index in [9.17, 15) is 8.42 Å². The molecule has 0 aliphatic carbocycles. The molecule has 0 aromatic rings. The molecule has 0 heterocycles. The van der Waals surface area contributed by atoms with Crippen LogP contribution in [0.25, 0.3) is 0 Å². The first-order chi connectivity index (χ1) is 5.47. The zero-order valence-corrected chi connectivity index (χ0v) is 8.17. The molecule has 0 fully saturated rings. The minimum absolute atomic E-state index is 0.529. The van der Waals surface area contributed by atoms with E-state index in [2.05, 4.69) is 0 Å². The van der Waals surface area contributed by atoms with Gasteiger partial charge in [-0.2, -0.15) is 8.42 Å². The molecule has 0 saturated heterocycles. The van der Waals surface area contributed by atoms with Gasteiger partial charge in [0.15, 0.2) is 0 Å². The average Bonchev–Trinajstić information content (AvgIpc) is 1.87. The van der Waals surface area contributed by atoms with E-state index < -0.39 is 22.5 Å². The summed E-state index contributed by atoms with van der Waals surface area (Å²) in [4.78, 5) is 0. The van der Waals surface area contributed by atoms with Crippen LogP contribution in [-0.2, 0) is 14.9 Å². The van der Waals surface area contributed by atoms with Gasteiger partial charge in [0, 0.05) is 13.2 Å². The Bertz CT molecular complexity index is 161. The Morgan fingerprint density at radius 2 is 1.67 bits per heavy atom. The quantitative estimate of drug-likeness (QED) is 0.619. The van der Waals surface area contributed by atoms with Crippen molar-refractivity contribution in [1.82, 2.24) is 0 Å². The molecule has 0 radical (unpaired) electrons. The summed E-state index contributed by atoms with van der Waals surface area (Å²) in [5.41, 5.74) is 0. The normalized spacial score (nSPS) is 10.3. The van der Waals surface area contributed by atoms with Crippen molar-refractivity contribution < 1.29 is 22.8 Å². The number of hydrogen-bond acceptors (Lipinski definition) is 4. The Labute approximate surface area is 73.1 Å². The third-order valence-electron chi connectivity index (χ3n) is 0.757. The van der Waals surface area contributed by atoms with Crippen LogP contribution in [-0.4, -0.2) is 43.7 Å². The molecular formula is C6H16O5S. The molecule has 0 aromatic heterocycles. The second-order valence-electron chi connectivity index (χ2n) is 1.79. The summed E-state index contributed by atoms with van der Waals surface area (Å²) < 4.78 is 31.9. The Morgan fingerprint density at radius 3 is 1.67 bits per heavy atom. The Morgan fingerprint density at radius 1 is 1.25 bits per heavy atom. The van der Waals surface area contributed by atoms with Crippen LogP contribution in [0.1, 0.15) is 13.8 Å². The fourth-order valence-corrected chi connectivity index (χ4v) is 0.550. The summed E-state index contributed by atoms with van der Waals surface area (Å²) in [5, 5.41) is 7.86. The lowest BCUT2D eigenvalue weighted by molar-refractivity contribution is 0.162. The third kappa shape index (κ3) is 22.5. The SMILES string of the molecule is CCOCC.O=S(=O)(O)CCO. The fourth-order valence-electron chi connectivity index (χ4n) is 0.319. The fraction of sp³-hybridized carbons (Fsp3) is 1.00. The highest BCUT2D eigenvalue weighted by Crippen LogP contribution is 1.76. The lowest BCUT2D eigenvalue weighted by atomic mass is 10.8. The van der Waals surface area contributed by atoms with Crippen LogP contribution >= 0.6 is 0 Å². The van der Waals surface area contributed by atoms with Gasteiger partial charge < -0.3 is 9.84 Å². The number of hydrogen-bond donors (Lipinski definition) is 2. The van der Waals surface area contributed by atoms with Gasteiger partial charge in [-0.3, -0.25) is 4.55 Å². The first-order valence-electron chi connectivity index (χ1n) is 3.61. The van der Waals surface area contributed by atoms with E-state index in [0.717, 1.165) is 13.2 Å². The molecule has 0 aliphatic rings. The highest BCUT2D eigenvalue weighted by Gasteiger charge is 1.99. The van der Waals surface area contributed by atoms with E-state index in [4.69, 9.17) is 14.4 Å². The van der Waals surface area contributed by atoms with Gasteiger partial charge in [0.05, 0.1) is 12.4 Å². The first kappa shape index (κ1) is 14.4. The van der Waals surface area contributed by atoms with Gasteiger partial charge in [0.25, 0.3) is 10.1 Å². The summed E-state index contributed by atoms with van der Waals surface area (Å²) in [6.45, 7) is 5.14. The summed E-state index contributed by atoms with van der Waals surface area (Å²) >= 11 is 0. The maximum atomic E-state index is 9.63. The number of ether oxygens (including phenoxy) is 1. The van der Waals surface area contributed by atoms with Gasteiger partial charge in [-0.25, -0.2) is 0 Å². The minimum Gasteiger partial charge on any atom is -0.395 e. The van der Waals surface area contributed by atoms with Crippen LogP contribution in [0, 0.1) is 0 Å². The second kappa shape index (κ2) is 8.92. The lowest BCUT2D eigenvalue weighted by Crippen LogP contribution is -2.06. The number of rotatable bonds is 4. The van der Waals surface area contributed by atoms with Gasteiger partial charge >= 0.3 is 0 Å². The molecule has 76 valence electrons. The van der Waals surface area contributed by atoms with E-state index in [1.165, 1.54) is 0 Å². The minimum atomic E-state index is -3.92. The van der Waals surface area contributed by atoms with Crippen LogP contribution in [0.5, 0.6) is 0 Å². The Balaban J connectivity index is 0. The lowest BCUT2D eigenvalue weighted by Gasteiger charge is -1.86. The van der Waals surface area contributed by atoms with Crippen molar-refractivity contribution in [3.05, 3.63) is 0 Å². The van der Waals surface area contributed by atoms with Gasteiger partial charge in [-0.1, -0.05) is 0 Å². The zero-order valence-electron chi connectivity index (χ0n) is 7.36. The highest BCUT2D eigenvalue weighted by molar-refractivity contribution is 7.85. The standard InChI is InChI=1S/C4H10O.C2H6O4S/c1-3-5-4-2;3-1-2-7(4,5)6/h3-4H2,1-2H3;3H,1-2H2,(H,4,5,6). The molecule has 2 N–H and O–H groups in total. The summed E-state index contributed by atoms with van der Waals surface area (Å²) in [5.74, 6) is -0.576. The van der Waals surface area contributed by atoms with Crippen molar-refractivity contribution in [2.24, 2.45) is 0 Å². The predicted octanol–water partition coefficient (Wildman–Crippen LogP) is -0.0907. The maximum Gasteiger partial charge on any atom is 0.267 e. The van der Waals surface area contributed by atoms with Crippen molar-refractivity contribution in [1.29, 1.82) is 0 Å². The van der Waals surface area contributed by atoms with E-state index >= 15 is 0 Å². The highest BCUT2D eigenvalue weighted by atomic mass is 32.2. The largest absolute Gasteiger partial charge is 0.395 e. The molecule has 0 atom stereocenters. The van der Waals surface area contributed by atoms with Crippen LogP contribution in [0.2, 0.25) is 0 Å². The molecule has 12 heavy (non-hydrogen) atoms. The molecule has 0 aliphatic heterocycles. The summed E-state index contributed by atoms with van der Waals surface area (Å²) in [6.07, 6.45) is 0. The van der Waals surface area contributed by atoms with Gasteiger partial charge in [-0.15, -0.1) is 0 Å². The molecule has 5 nitrogen and oxygen atoms in total. The van der Waals surface area contributed by atoms with Gasteiger partial charge in [-0.05, 0) is 13.8 Å². The van der Waals surface area contributed by atoms with Crippen LogP contribution in [0.4, 0.5) is 0 Å². The molecule has 0 unspecified atom stereocenters. The van der Waals surface area contributed by atoms with Crippen molar-refractivity contribution >= 4 is 10.1 Å². The molecule has 6 heteroatoms. The Hall–Kier alpha value is -0.170. The van der Waals surface area contributed by atoms with Crippen LogP contribution in [0.15, 0.2) is 0 Å². The van der Waals surface area contributed by atoms with Crippen LogP contribution in [0.3, 0.4) is 0 Å². The van der Waals surface area contributed by atoms with Crippen molar-refractivity contribution in [3.8, 4) is 0 Å².